The van der Waals surface area contributed by atoms with E-state index in [9.17, 15) is 9.90 Å². The van der Waals surface area contributed by atoms with Gasteiger partial charge < -0.3 is 10.4 Å². The standard InChI is InChI=1S/C18H15ClN2O2/c19-16-6-7-17(22)14(11-16)10-15(12-20)18(23)21-9-8-13-4-2-1-3-5-13/h1-7,10-11,22H,8-9H2,(H,21,23)/b15-10+. The number of amides is 1. The van der Waals surface area contributed by atoms with E-state index < -0.39 is 5.91 Å². The van der Waals surface area contributed by atoms with Crippen LogP contribution < -0.4 is 5.32 Å². The summed E-state index contributed by atoms with van der Waals surface area (Å²) in [5.41, 5.74) is 1.34. The third kappa shape index (κ3) is 4.87. The number of hydrogen-bond donors (Lipinski definition) is 2. The predicted octanol–water partition coefficient (Wildman–Crippen LogP) is 3.31. The van der Waals surface area contributed by atoms with Crippen molar-refractivity contribution in [3.8, 4) is 11.8 Å². The molecule has 0 atom stereocenters. The van der Waals surface area contributed by atoms with E-state index in [-0.39, 0.29) is 11.3 Å². The van der Waals surface area contributed by atoms with Crippen molar-refractivity contribution in [2.75, 3.05) is 6.54 Å². The van der Waals surface area contributed by atoms with Crippen LogP contribution in [0, 0.1) is 11.3 Å². The van der Waals surface area contributed by atoms with E-state index in [0.29, 0.717) is 23.6 Å². The smallest absolute Gasteiger partial charge is 0.261 e. The third-order valence-electron chi connectivity index (χ3n) is 3.20. The van der Waals surface area contributed by atoms with Gasteiger partial charge in [0.15, 0.2) is 0 Å². The Morgan fingerprint density at radius 1 is 1.26 bits per heavy atom. The number of benzene rings is 2. The Kier molecular flexibility index (Phi) is 5.79. The van der Waals surface area contributed by atoms with Gasteiger partial charge in [0.25, 0.3) is 5.91 Å². The van der Waals surface area contributed by atoms with Crippen LogP contribution >= 0.6 is 11.6 Å². The summed E-state index contributed by atoms with van der Waals surface area (Å²) in [6.45, 7) is 0.420. The first-order chi connectivity index (χ1) is 11.1. The van der Waals surface area contributed by atoms with Crippen molar-refractivity contribution in [1.29, 1.82) is 5.26 Å². The Balaban J connectivity index is 2.02. The van der Waals surface area contributed by atoms with Crippen LogP contribution in [-0.4, -0.2) is 17.6 Å². The molecule has 2 aromatic carbocycles. The molecule has 0 heterocycles. The zero-order valence-electron chi connectivity index (χ0n) is 12.3. The number of phenols is 1. The van der Waals surface area contributed by atoms with Crippen molar-refractivity contribution in [3.05, 3.63) is 70.3 Å². The fourth-order valence-electron chi connectivity index (χ4n) is 2.01. The number of nitrogens with zero attached hydrogens (tertiary/aromatic N) is 1. The molecule has 0 aromatic heterocycles. The first kappa shape index (κ1) is 16.6. The van der Waals surface area contributed by atoms with Crippen molar-refractivity contribution in [2.24, 2.45) is 0 Å². The van der Waals surface area contributed by atoms with Gasteiger partial charge in [-0.3, -0.25) is 4.79 Å². The molecule has 0 aliphatic carbocycles. The Bertz CT molecular complexity index is 764. The second-order valence-corrected chi connectivity index (χ2v) is 5.30. The van der Waals surface area contributed by atoms with Crippen LogP contribution in [0.15, 0.2) is 54.1 Å². The molecule has 0 aliphatic rings. The summed E-state index contributed by atoms with van der Waals surface area (Å²) in [6.07, 6.45) is 1.99. The summed E-state index contributed by atoms with van der Waals surface area (Å²) in [5, 5.41) is 22.0. The van der Waals surface area contributed by atoms with Gasteiger partial charge in [0, 0.05) is 17.1 Å². The maximum absolute atomic E-state index is 12.0. The number of aromatic hydroxyl groups is 1. The van der Waals surface area contributed by atoms with Gasteiger partial charge in [-0.2, -0.15) is 5.26 Å². The third-order valence-corrected chi connectivity index (χ3v) is 3.43. The van der Waals surface area contributed by atoms with E-state index in [1.54, 1.807) is 0 Å². The van der Waals surface area contributed by atoms with E-state index in [1.165, 1.54) is 24.3 Å². The van der Waals surface area contributed by atoms with Crippen LogP contribution in [0.25, 0.3) is 6.08 Å². The van der Waals surface area contributed by atoms with Crippen LogP contribution in [0.4, 0.5) is 0 Å². The molecule has 4 nitrogen and oxygen atoms in total. The Morgan fingerprint density at radius 2 is 2.00 bits per heavy atom. The molecule has 0 saturated heterocycles. The van der Waals surface area contributed by atoms with E-state index in [2.05, 4.69) is 5.32 Å². The SMILES string of the molecule is N#C/C(=C\c1cc(Cl)ccc1O)C(=O)NCCc1ccccc1. The summed E-state index contributed by atoms with van der Waals surface area (Å²) in [7, 11) is 0. The summed E-state index contributed by atoms with van der Waals surface area (Å²) in [5.74, 6) is -0.526. The number of nitrogens with one attached hydrogen (secondary N) is 1. The number of halogens is 1. The molecular weight excluding hydrogens is 312 g/mol. The molecule has 0 bridgehead atoms. The van der Waals surface area contributed by atoms with E-state index in [4.69, 9.17) is 16.9 Å². The first-order valence-corrected chi connectivity index (χ1v) is 7.40. The first-order valence-electron chi connectivity index (χ1n) is 7.02. The minimum atomic E-state index is -0.484. The lowest BCUT2D eigenvalue weighted by molar-refractivity contribution is -0.117. The number of phenolic OH excluding ortho intramolecular Hbond substituents is 1. The lowest BCUT2D eigenvalue weighted by Gasteiger charge is -2.05. The Labute approximate surface area is 139 Å². The highest BCUT2D eigenvalue weighted by molar-refractivity contribution is 6.30. The van der Waals surface area contributed by atoms with Crippen molar-refractivity contribution >= 4 is 23.6 Å². The van der Waals surface area contributed by atoms with Crippen molar-refractivity contribution < 1.29 is 9.90 Å². The van der Waals surface area contributed by atoms with Crippen LogP contribution in [-0.2, 0) is 11.2 Å². The monoisotopic (exact) mass is 326 g/mol. The minimum absolute atomic E-state index is 0.0424. The molecule has 116 valence electrons. The maximum Gasteiger partial charge on any atom is 0.261 e. The molecule has 0 fully saturated rings. The second-order valence-electron chi connectivity index (χ2n) is 4.86. The topological polar surface area (TPSA) is 73.1 Å². The molecule has 1 amide bonds. The van der Waals surface area contributed by atoms with Crippen LogP contribution in [0.5, 0.6) is 5.75 Å². The molecule has 0 spiro atoms. The highest BCUT2D eigenvalue weighted by atomic mass is 35.5. The normalized spacial score (nSPS) is 10.9. The number of rotatable bonds is 5. The fourth-order valence-corrected chi connectivity index (χ4v) is 2.19. The van der Waals surface area contributed by atoms with E-state index in [0.717, 1.165) is 5.56 Å². The van der Waals surface area contributed by atoms with Gasteiger partial charge in [-0.05, 0) is 36.3 Å². The molecular formula is C18H15ClN2O2. The average molecular weight is 327 g/mol. The number of hydrogen-bond acceptors (Lipinski definition) is 3. The van der Waals surface area contributed by atoms with Gasteiger partial charge in [-0.1, -0.05) is 41.9 Å². The zero-order valence-corrected chi connectivity index (χ0v) is 13.0. The highest BCUT2D eigenvalue weighted by Crippen LogP contribution is 2.23. The van der Waals surface area contributed by atoms with Crippen LogP contribution in [0.3, 0.4) is 0 Å². The van der Waals surface area contributed by atoms with Gasteiger partial charge in [0.05, 0.1) is 0 Å². The fraction of sp³-hybridized carbons (Fsp3) is 0.111. The quantitative estimate of drug-likeness (QED) is 0.654. The van der Waals surface area contributed by atoms with E-state index >= 15 is 0 Å². The number of carbonyl (C=O) groups is 1. The van der Waals surface area contributed by atoms with Gasteiger partial charge in [-0.15, -0.1) is 0 Å². The average Bonchev–Trinajstić information content (AvgIpc) is 2.56. The summed E-state index contributed by atoms with van der Waals surface area (Å²) < 4.78 is 0. The van der Waals surface area contributed by atoms with Crippen molar-refractivity contribution in [3.63, 3.8) is 0 Å². The Morgan fingerprint density at radius 3 is 2.70 bits per heavy atom. The molecule has 0 saturated carbocycles. The summed E-state index contributed by atoms with van der Waals surface area (Å²) in [6, 6.07) is 16.0. The summed E-state index contributed by atoms with van der Waals surface area (Å²) >= 11 is 5.85. The lowest BCUT2D eigenvalue weighted by Crippen LogP contribution is -2.26. The Hall–Kier alpha value is -2.77. The van der Waals surface area contributed by atoms with Gasteiger partial charge in [0.2, 0.25) is 0 Å². The lowest BCUT2D eigenvalue weighted by atomic mass is 10.1. The molecule has 0 radical (unpaired) electrons. The number of carbonyl (C=O) groups excluding carboxylic acids is 1. The molecule has 2 rings (SSSR count). The molecule has 0 aliphatic heterocycles. The molecule has 2 N–H and O–H groups in total. The van der Waals surface area contributed by atoms with Gasteiger partial charge in [0.1, 0.15) is 17.4 Å². The predicted molar refractivity (Wildman–Crippen MR) is 89.9 cm³/mol. The maximum atomic E-state index is 12.0. The van der Waals surface area contributed by atoms with Crippen molar-refractivity contribution in [2.45, 2.75) is 6.42 Å². The van der Waals surface area contributed by atoms with Crippen LogP contribution in [0.1, 0.15) is 11.1 Å². The number of nitriles is 1. The molecule has 5 heteroatoms. The second kappa shape index (κ2) is 8.02. The highest BCUT2D eigenvalue weighted by Gasteiger charge is 2.10. The van der Waals surface area contributed by atoms with Gasteiger partial charge in [-0.25, -0.2) is 0 Å². The zero-order chi connectivity index (χ0) is 16.7. The van der Waals surface area contributed by atoms with Gasteiger partial charge >= 0.3 is 0 Å². The molecule has 23 heavy (non-hydrogen) atoms. The summed E-state index contributed by atoms with van der Waals surface area (Å²) in [4.78, 5) is 12.0. The van der Waals surface area contributed by atoms with E-state index in [1.807, 2.05) is 36.4 Å². The van der Waals surface area contributed by atoms with Crippen LogP contribution in [0.2, 0.25) is 5.02 Å². The molecule has 2 aromatic rings. The minimum Gasteiger partial charge on any atom is -0.507 e. The molecule has 0 unspecified atom stereocenters. The largest absolute Gasteiger partial charge is 0.507 e. The van der Waals surface area contributed by atoms with Crippen molar-refractivity contribution in [1.82, 2.24) is 5.32 Å².